The molecule has 0 aromatic heterocycles. The van der Waals surface area contributed by atoms with E-state index in [0.29, 0.717) is 30.3 Å². The van der Waals surface area contributed by atoms with Crippen LogP contribution in [-0.2, 0) is 42.8 Å². The SMILES string of the molecule is O=C(O)C[C@H]1C(=O)O[C@H]2[C@@H]3OC(=O)c4cc(O)c(O)c(O)c4-c4c(cc(O)c(O)c4O)C(=O)OC[C@H]2O[C@@H](OC(=O)c2cc(O)c(O)c(O)c2)[C@@H]3OC(=O)c2cc(O)c(O)c3c2[C@@H]1[C@H](O)C(=O)O3. The number of benzene rings is 4. The van der Waals surface area contributed by atoms with Gasteiger partial charge in [0.2, 0.25) is 29.6 Å². The number of carbonyl (C=O) groups is 7. The Hall–Kier alpha value is -9.11. The van der Waals surface area contributed by atoms with Crippen molar-refractivity contribution in [1.29, 1.82) is 0 Å². The lowest BCUT2D eigenvalue weighted by atomic mass is 9.76. The molecular formula is C41H30O27. The number of carboxylic acids is 1. The Kier molecular flexibility index (Phi) is 11.0. The maximum absolute atomic E-state index is 14.6. The van der Waals surface area contributed by atoms with Crippen LogP contribution in [0, 0.1) is 5.92 Å². The Labute approximate surface area is 374 Å². The molecule has 0 spiro atoms. The first kappa shape index (κ1) is 45.5. The number of esters is 6. The van der Waals surface area contributed by atoms with Crippen LogP contribution in [0.5, 0.6) is 69.0 Å². The van der Waals surface area contributed by atoms with Crippen molar-refractivity contribution in [3.05, 3.63) is 58.1 Å². The number of carboxylic acid groups (broad SMARTS) is 1. The van der Waals surface area contributed by atoms with Crippen LogP contribution < -0.4 is 4.74 Å². The first-order valence-corrected chi connectivity index (χ1v) is 19.2. The zero-order valence-electron chi connectivity index (χ0n) is 33.4. The van der Waals surface area contributed by atoms with Gasteiger partial charge in [-0.3, -0.25) is 9.59 Å². The van der Waals surface area contributed by atoms with Gasteiger partial charge in [-0.1, -0.05) is 0 Å². The van der Waals surface area contributed by atoms with E-state index in [2.05, 4.69) is 0 Å². The number of phenolic OH excluding ortho intramolecular Hbond substituents is 11. The third kappa shape index (κ3) is 7.31. The van der Waals surface area contributed by atoms with Gasteiger partial charge in [0, 0.05) is 22.6 Å². The molecule has 8 atom stereocenters. The Morgan fingerprint density at radius 3 is 1.69 bits per heavy atom. The number of aliphatic carboxylic acids is 1. The Bertz CT molecular complexity index is 2900. The van der Waals surface area contributed by atoms with E-state index in [1.165, 1.54) is 0 Å². The van der Waals surface area contributed by atoms with Gasteiger partial charge in [-0.25, -0.2) is 24.0 Å². The number of fused-ring (bicyclic) bond motifs is 3. The fourth-order valence-corrected chi connectivity index (χ4v) is 8.04. The molecule has 4 aliphatic heterocycles. The highest BCUT2D eigenvalue weighted by molar-refractivity contribution is 6.08. The van der Waals surface area contributed by atoms with Crippen LogP contribution in [0.25, 0.3) is 11.1 Å². The molecule has 1 fully saturated rings. The summed E-state index contributed by atoms with van der Waals surface area (Å²) < 4.78 is 38.8. The molecule has 0 radical (unpaired) electrons. The van der Waals surface area contributed by atoms with Crippen molar-refractivity contribution in [2.45, 2.75) is 49.1 Å². The molecule has 4 aliphatic rings. The molecule has 356 valence electrons. The topological polar surface area (TPSA) is 447 Å². The van der Waals surface area contributed by atoms with E-state index in [1.807, 2.05) is 0 Å². The predicted molar refractivity (Wildman–Crippen MR) is 206 cm³/mol. The lowest BCUT2D eigenvalue weighted by molar-refractivity contribution is -0.287. The second-order valence-electron chi connectivity index (χ2n) is 15.2. The van der Waals surface area contributed by atoms with Crippen LogP contribution in [0.4, 0.5) is 0 Å². The highest BCUT2D eigenvalue weighted by Crippen LogP contribution is 2.54. The number of hydrogen-bond acceptors (Lipinski definition) is 26. The molecule has 1 saturated heterocycles. The molecule has 4 aromatic carbocycles. The van der Waals surface area contributed by atoms with E-state index in [4.69, 9.17) is 33.2 Å². The van der Waals surface area contributed by atoms with Gasteiger partial charge in [0.05, 0.1) is 34.6 Å². The largest absolute Gasteiger partial charge is 0.504 e. The van der Waals surface area contributed by atoms with Gasteiger partial charge in [-0.2, -0.15) is 0 Å². The van der Waals surface area contributed by atoms with Crippen molar-refractivity contribution in [3.63, 3.8) is 0 Å². The van der Waals surface area contributed by atoms with Gasteiger partial charge in [-0.05, 0) is 30.3 Å². The maximum atomic E-state index is 14.6. The van der Waals surface area contributed by atoms with Gasteiger partial charge in [0.1, 0.15) is 12.7 Å². The van der Waals surface area contributed by atoms with Crippen LogP contribution in [0.3, 0.4) is 0 Å². The fraction of sp³-hybridized carbons (Fsp3) is 0.244. The van der Waals surface area contributed by atoms with Crippen LogP contribution in [0.2, 0.25) is 0 Å². The number of cyclic esters (lactones) is 1. The summed E-state index contributed by atoms with van der Waals surface area (Å²) in [6.07, 6.45) is -16.3. The summed E-state index contributed by atoms with van der Waals surface area (Å²) in [7, 11) is 0. The number of hydrogen-bond donors (Lipinski definition) is 13. The maximum Gasteiger partial charge on any atom is 0.341 e. The molecule has 0 saturated carbocycles. The summed E-state index contributed by atoms with van der Waals surface area (Å²) in [4.78, 5) is 96.8. The highest BCUT2D eigenvalue weighted by Gasteiger charge is 2.58. The molecule has 0 amide bonds. The summed E-state index contributed by atoms with van der Waals surface area (Å²) in [5, 5.41) is 137. The Morgan fingerprint density at radius 2 is 1.10 bits per heavy atom. The van der Waals surface area contributed by atoms with Gasteiger partial charge in [-0.15, -0.1) is 0 Å². The number of phenols is 11. The van der Waals surface area contributed by atoms with Crippen molar-refractivity contribution in [2.75, 3.05) is 6.61 Å². The number of carbonyl (C=O) groups excluding carboxylic acids is 6. The fourth-order valence-electron chi connectivity index (χ4n) is 8.04. The molecule has 4 bridgehead atoms. The highest BCUT2D eigenvalue weighted by atomic mass is 16.7. The molecule has 13 N–H and O–H groups in total. The van der Waals surface area contributed by atoms with Gasteiger partial charge in [0.25, 0.3) is 0 Å². The zero-order valence-corrected chi connectivity index (χ0v) is 33.4. The number of aliphatic hydroxyl groups is 1. The number of aromatic hydroxyl groups is 11. The van der Waals surface area contributed by atoms with E-state index < -0.39 is 211 Å². The molecule has 27 nitrogen and oxygen atoms in total. The second-order valence-corrected chi connectivity index (χ2v) is 15.2. The molecule has 27 heteroatoms. The van der Waals surface area contributed by atoms with Gasteiger partial charge in [0.15, 0.2) is 70.1 Å². The van der Waals surface area contributed by atoms with Crippen LogP contribution >= 0.6 is 0 Å². The van der Waals surface area contributed by atoms with Crippen molar-refractivity contribution < 1.29 is 133 Å². The minimum absolute atomic E-state index is 0.361. The quantitative estimate of drug-likeness (QED) is 0.0554. The van der Waals surface area contributed by atoms with Crippen molar-refractivity contribution in [2.24, 2.45) is 5.92 Å². The smallest absolute Gasteiger partial charge is 0.341 e. The summed E-state index contributed by atoms with van der Waals surface area (Å²) in [5.74, 6) is -32.0. The minimum Gasteiger partial charge on any atom is -0.504 e. The number of rotatable bonds is 4. The molecule has 0 unspecified atom stereocenters. The van der Waals surface area contributed by atoms with E-state index in [9.17, 15) is 99.9 Å². The summed E-state index contributed by atoms with van der Waals surface area (Å²) in [6, 6.07) is 2.36. The summed E-state index contributed by atoms with van der Waals surface area (Å²) >= 11 is 0. The second kappa shape index (κ2) is 16.4. The third-order valence-corrected chi connectivity index (χ3v) is 11.2. The standard InChI is InChI=1S/C41H30O27/c42-13-1-8(2-14(43)24(13)49)35(56)68-41-34-33-31(64-39(60)12(6-19(47)48)22-23-11(38(59)67-34)5-17(46)27(52)32(23)65-40(61)30(22)55)18(63-41)7-62-36(57)9-3-15(44)25(50)28(53)20(9)21-10(37(58)66-33)4-16(45)26(51)29(21)54/h1-5,12,18,22,30-31,33-34,41-46,49-55H,6-7H2,(H,47,48)/t12-,18-,22-,30+,31-,33+,34-,41+/m1/s1. The molecule has 68 heavy (non-hydrogen) atoms. The first-order chi connectivity index (χ1) is 32.0. The van der Waals surface area contributed by atoms with E-state index in [1.54, 1.807) is 0 Å². The first-order valence-electron chi connectivity index (χ1n) is 19.2. The average Bonchev–Trinajstić information content (AvgIpc) is 3.28. The van der Waals surface area contributed by atoms with E-state index >= 15 is 0 Å². The monoisotopic (exact) mass is 954 g/mol. The average molecular weight is 955 g/mol. The lowest BCUT2D eigenvalue weighted by Crippen LogP contribution is -2.63. The number of aliphatic hydroxyl groups excluding tert-OH is 1. The summed E-state index contributed by atoms with van der Waals surface area (Å²) in [6.45, 7) is -1.31. The lowest BCUT2D eigenvalue weighted by Gasteiger charge is -2.44. The van der Waals surface area contributed by atoms with E-state index in [-0.39, 0.29) is 0 Å². The molecule has 4 aromatic rings. The normalized spacial score (nSPS) is 24.3. The minimum atomic E-state index is -2.58. The Morgan fingerprint density at radius 1 is 0.588 bits per heavy atom. The molecular weight excluding hydrogens is 924 g/mol. The third-order valence-electron chi connectivity index (χ3n) is 11.2. The van der Waals surface area contributed by atoms with E-state index in [0.717, 1.165) is 0 Å². The van der Waals surface area contributed by atoms with Gasteiger partial charge >= 0.3 is 41.8 Å². The molecule has 4 heterocycles. The van der Waals surface area contributed by atoms with Crippen molar-refractivity contribution >= 4 is 41.8 Å². The van der Waals surface area contributed by atoms with Crippen LogP contribution in [0.1, 0.15) is 59.3 Å². The number of ether oxygens (including phenoxy) is 7. The van der Waals surface area contributed by atoms with Crippen molar-refractivity contribution in [1.82, 2.24) is 0 Å². The molecule has 0 aliphatic carbocycles. The molecule has 8 rings (SSSR count). The zero-order chi connectivity index (χ0) is 49.5. The van der Waals surface area contributed by atoms with Crippen LogP contribution in [-0.4, -0.2) is 152 Å². The Balaban J connectivity index is 1.39. The summed E-state index contributed by atoms with van der Waals surface area (Å²) in [5.41, 5.74) is -7.08. The predicted octanol–water partition coefficient (Wildman–Crippen LogP) is -0.00170. The van der Waals surface area contributed by atoms with Crippen molar-refractivity contribution in [3.8, 4) is 80.1 Å². The van der Waals surface area contributed by atoms with Crippen LogP contribution in [0.15, 0.2) is 30.3 Å². The van der Waals surface area contributed by atoms with Gasteiger partial charge < -0.3 is 99.5 Å².